The summed E-state index contributed by atoms with van der Waals surface area (Å²) >= 11 is 0. The summed E-state index contributed by atoms with van der Waals surface area (Å²) in [6, 6.07) is -0.442. The van der Waals surface area contributed by atoms with Gasteiger partial charge in [0.2, 0.25) is 5.91 Å². The van der Waals surface area contributed by atoms with Gasteiger partial charge in [0.1, 0.15) is 0 Å². The summed E-state index contributed by atoms with van der Waals surface area (Å²) in [6.07, 6.45) is 8.20. The van der Waals surface area contributed by atoms with Crippen molar-refractivity contribution in [3.8, 4) is 0 Å². The maximum Gasteiger partial charge on any atom is 0.303 e. The van der Waals surface area contributed by atoms with E-state index in [-0.39, 0.29) is 35.2 Å². The number of hydrogen-bond acceptors (Lipinski definition) is 4. The fourth-order valence-electron chi connectivity index (χ4n) is 8.71. The number of nitrogens with two attached hydrogens (primary N) is 1. The summed E-state index contributed by atoms with van der Waals surface area (Å²) in [5.74, 6) is 1.81. The number of likely N-dealkylation sites (tertiary alicyclic amines) is 1. The van der Waals surface area contributed by atoms with E-state index in [0.717, 1.165) is 45.2 Å². The highest BCUT2D eigenvalue weighted by molar-refractivity contribution is 5.82. The van der Waals surface area contributed by atoms with Crippen molar-refractivity contribution in [3.05, 3.63) is 0 Å². The molecular weight excluding hydrogens is 416 g/mol. The Labute approximate surface area is 199 Å². The number of piperidine rings is 1. The lowest BCUT2D eigenvalue weighted by molar-refractivity contribution is -0.175. The lowest BCUT2D eigenvalue weighted by atomic mass is 9.45. The molecule has 4 rings (SSSR count). The highest BCUT2D eigenvalue weighted by Gasteiger charge is 2.62. The first-order valence-corrected chi connectivity index (χ1v) is 13.4. The molecule has 188 valence electrons. The summed E-state index contributed by atoms with van der Waals surface area (Å²) < 4.78 is 0. The molecule has 0 aromatic heterocycles. The highest BCUT2D eigenvalue weighted by atomic mass is 16.4. The number of hydrogen-bond donors (Lipinski definition) is 3. The van der Waals surface area contributed by atoms with Gasteiger partial charge in [-0.3, -0.25) is 9.59 Å². The third-order valence-corrected chi connectivity index (χ3v) is 10.9. The number of rotatable bonds is 6. The molecule has 4 N–H and O–H groups in total. The maximum atomic E-state index is 12.9. The number of carboxylic acid groups (broad SMARTS) is 1. The zero-order valence-electron chi connectivity index (χ0n) is 21.1. The van der Waals surface area contributed by atoms with Gasteiger partial charge in [0.15, 0.2) is 0 Å². The van der Waals surface area contributed by atoms with Crippen molar-refractivity contribution in [2.24, 2.45) is 52.1 Å². The third kappa shape index (κ3) is 4.24. The largest absolute Gasteiger partial charge is 0.481 e. The van der Waals surface area contributed by atoms with Crippen molar-refractivity contribution in [2.75, 3.05) is 13.1 Å². The van der Waals surface area contributed by atoms with Crippen molar-refractivity contribution in [1.82, 2.24) is 4.90 Å². The predicted octanol–water partition coefficient (Wildman–Crippen LogP) is 3.90. The number of nitrogens with zero attached hydrogens (tertiary/aromatic N) is 1. The summed E-state index contributed by atoms with van der Waals surface area (Å²) in [4.78, 5) is 25.9. The Hall–Kier alpha value is -1.14. The molecule has 4 aliphatic rings. The number of carboxylic acids is 1. The standard InChI is InChI=1S/C27H46N2O4/c1-16(2)24(28)25(33)29-13-12-27(4)18(15-29)14-21(30)23-19-9-8-17(6-5-7-22(31)32)26(19,3)11-10-20(23)27/h16-21,23-24,30H,5-15,28H2,1-4H3,(H,31,32). The van der Waals surface area contributed by atoms with Crippen LogP contribution in [-0.2, 0) is 9.59 Å². The van der Waals surface area contributed by atoms with Crippen molar-refractivity contribution in [2.45, 2.75) is 97.6 Å². The fourth-order valence-corrected chi connectivity index (χ4v) is 8.71. The number of carbonyl (C=O) groups excluding carboxylic acids is 1. The molecule has 0 radical (unpaired) electrons. The Bertz CT molecular complexity index is 756. The van der Waals surface area contributed by atoms with E-state index in [1.54, 1.807) is 0 Å². The molecule has 9 atom stereocenters. The lowest BCUT2D eigenvalue weighted by Crippen LogP contribution is -2.62. The average molecular weight is 463 g/mol. The molecule has 6 nitrogen and oxygen atoms in total. The molecule has 1 saturated heterocycles. The highest BCUT2D eigenvalue weighted by Crippen LogP contribution is 2.67. The summed E-state index contributed by atoms with van der Waals surface area (Å²) in [7, 11) is 0. The van der Waals surface area contributed by atoms with E-state index in [4.69, 9.17) is 10.8 Å². The molecule has 0 aromatic carbocycles. The van der Waals surface area contributed by atoms with Crippen LogP contribution in [0.1, 0.15) is 85.5 Å². The van der Waals surface area contributed by atoms with Gasteiger partial charge in [-0.1, -0.05) is 27.7 Å². The van der Waals surface area contributed by atoms with Crippen LogP contribution in [0.3, 0.4) is 0 Å². The average Bonchev–Trinajstić information content (AvgIpc) is 3.09. The quantitative estimate of drug-likeness (QED) is 0.555. The molecule has 3 aliphatic carbocycles. The summed E-state index contributed by atoms with van der Waals surface area (Å²) in [5, 5.41) is 20.5. The van der Waals surface area contributed by atoms with Crippen LogP contribution in [0.5, 0.6) is 0 Å². The van der Waals surface area contributed by atoms with Gasteiger partial charge in [-0.05, 0) is 97.7 Å². The van der Waals surface area contributed by atoms with Crippen LogP contribution in [0, 0.1) is 46.3 Å². The lowest BCUT2D eigenvalue weighted by Gasteiger charge is -2.62. The fraction of sp³-hybridized carbons (Fsp3) is 0.926. The molecular formula is C27H46N2O4. The Kier molecular flexibility index (Phi) is 6.92. The number of fused-ring (bicyclic) bond motifs is 5. The van der Waals surface area contributed by atoms with Crippen LogP contribution in [0.25, 0.3) is 0 Å². The van der Waals surface area contributed by atoms with Gasteiger partial charge < -0.3 is 20.8 Å². The van der Waals surface area contributed by atoms with Gasteiger partial charge in [0.25, 0.3) is 0 Å². The van der Waals surface area contributed by atoms with Crippen LogP contribution in [-0.4, -0.2) is 52.2 Å². The Morgan fingerprint density at radius 1 is 1.09 bits per heavy atom. The first-order valence-electron chi connectivity index (χ1n) is 13.4. The second kappa shape index (κ2) is 9.14. The van der Waals surface area contributed by atoms with Crippen LogP contribution in [0.15, 0.2) is 0 Å². The van der Waals surface area contributed by atoms with Crippen molar-refractivity contribution < 1.29 is 19.8 Å². The van der Waals surface area contributed by atoms with E-state index in [0.29, 0.717) is 29.6 Å². The van der Waals surface area contributed by atoms with E-state index < -0.39 is 12.0 Å². The monoisotopic (exact) mass is 462 g/mol. The minimum Gasteiger partial charge on any atom is -0.481 e. The second-order valence-electron chi connectivity index (χ2n) is 12.7. The molecule has 33 heavy (non-hydrogen) atoms. The Morgan fingerprint density at radius 2 is 1.79 bits per heavy atom. The second-order valence-corrected chi connectivity index (χ2v) is 12.7. The number of aliphatic carboxylic acids is 1. The molecule has 1 heterocycles. The molecule has 9 unspecified atom stereocenters. The zero-order chi connectivity index (χ0) is 24.1. The maximum absolute atomic E-state index is 12.9. The van der Waals surface area contributed by atoms with Crippen molar-refractivity contribution in [3.63, 3.8) is 0 Å². The van der Waals surface area contributed by atoms with Crippen molar-refractivity contribution >= 4 is 11.9 Å². The van der Waals surface area contributed by atoms with Gasteiger partial charge in [-0.2, -0.15) is 0 Å². The Morgan fingerprint density at radius 3 is 2.45 bits per heavy atom. The third-order valence-electron chi connectivity index (χ3n) is 10.9. The Balaban J connectivity index is 1.48. The molecule has 3 saturated carbocycles. The minimum absolute atomic E-state index is 0.0693. The minimum atomic E-state index is -0.695. The van der Waals surface area contributed by atoms with E-state index >= 15 is 0 Å². The number of aliphatic hydroxyl groups excluding tert-OH is 1. The molecule has 1 amide bonds. The normalized spacial score (nSPS) is 43.5. The van der Waals surface area contributed by atoms with Gasteiger partial charge >= 0.3 is 5.97 Å². The van der Waals surface area contributed by atoms with Gasteiger partial charge in [-0.15, -0.1) is 0 Å². The zero-order valence-corrected chi connectivity index (χ0v) is 21.1. The van der Waals surface area contributed by atoms with E-state index in [2.05, 4.69) is 13.8 Å². The van der Waals surface area contributed by atoms with E-state index in [9.17, 15) is 14.7 Å². The summed E-state index contributed by atoms with van der Waals surface area (Å²) in [5.41, 5.74) is 6.59. The molecule has 6 heteroatoms. The van der Waals surface area contributed by atoms with E-state index in [1.807, 2.05) is 18.7 Å². The first-order chi connectivity index (χ1) is 15.5. The van der Waals surface area contributed by atoms with Crippen LogP contribution < -0.4 is 5.73 Å². The van der Waals surface area contributed by atoms with Gasteiger partial charge in [0, 0.05) is 19.5 Å². The number of aliphatic hydroxyl groups is 1. The first kappa shape index (κ1) is 25.0. The van der Waals surface area contributed by atoms with Crippen LogP contribution in [0.4, 0.5) is 0 Å². The topological polar surface area (TPSA) is 104 Å². The van der Waals surface area contributed by atoms with Crippen LogP contribution in [0.2, 0.25) is 0 Å². The predicted molar refractivity (Wildman–Crippen MR) is 128 cm³/mol. The van der Waals surface area contributed by atoms with E-state index in [1.165, 1.54) is 19.3 Å². The van der Waals surface area contributed by atoms with Crippen LogP contribution >= 0.6 is 0 Å². The molecule has 1 aliphatic heterocycles. The molecule has 4 fully saturated rings. The molecule has 0 aromatic rings. The molecule has 0 spiro atoms. The number of amides is 1. The van der Waals surface area contributed by atoms with Gasteiger partial charge in [-0.25, -0.2) is 0 Å². The smallest absolute Gasteiger partial charge is 0.303 e. The SMILES string of the molecule is CC(C)C(N)C(=O)N1CCC2(C)C(CC(O)C3C4CCC(CCCC(=O)O)C4(C)CCC32)C1. The van der Waals surface area contributed by atoms with Crippen molar-refractivity contribution in [1.29, 1.82) is 0 Å². The summed E-state index contributed by atoms with van der Waals surface area (Å²) in [6.45, 7) is 10.4. The molecule has 0 bridgehead atoms. The number of carbonyl (C=O) groups is 2. The van der Waals surface area contributed by atoms with Gasteiger partial charge in [0.05, 0.1) is 12.1 Å².